The van der Waals surface area contributed by atoms with Crippen LogP contribution in [0, 0.1) is 0 Å². The van der Waals surface area contributed by atoms with Crippen LogP contribution in [0.5, 0.6) is 0 Å². The molecule has 0 radical (unpaired) electrons. The number of carbonyl (C=O) groups excluding carboxylic acids is 1. The summed E-state index contributed by atoms with van der Waals surface area (Å²) in [5, 5.41) is 9.04. The van der Waals surface area contributed by atoms with E-state index >= 15 is 0 Å². The van der Waals surface area contributed by atoms with Gasteiger partial charge in [-0.1, -0.05) is 13.3 Å². The molecule has 124 valence electrons. The molecular formula is C15H32N4O2. The topological polar surface area (TPSA) is 74.8 Å². The van der Waals surface area contributed by atoms with Gasteiger partial charge in [-0.3, -0.25) is 9.79 Å². The minimum Gasteiger partial charge on any atom is -0.381 e. The van der Waals surface area contributed by atoms with Crippen LogP contribution in [0.2, 0.25) is 0 Å². The van der Waals surface area contributed by atoms with E-state index in [2.05, 4.69) is 27.9 Å². The Bertz CT molecular complexity index is 311. The quantitative estimate of drug-likeness (QED) is 0.341. The van der Waals surface area contributed by atoms with Gasteiger partial charge in [0.15, 0.2) is 5.96 Å². The molecule has 0 aliphatic heterocycles. The van der Waals surface area contributed by atoms with Crippen molar-refractivity contribution in [1.82, 2.24) is 16.0 Å². The summed E-state index contributed by atoms with van der Waals surface area (Å²) in [5.74, 6) is 0.584. The van der Waals surface area contributed by atoms with Crippen LogP contribution >= 0.6 is 0 Å². The highest BCUT2D eigenvalue weighted by molar-refractivity contribution is 5.86. The average Bonchev–Trinajstić information content (AvgIpc) is 2.39. The summed E-state index contributed by atoms with van der Waals surface area (Å²) >= 11 is 0. The number of rotatable bonds is 9. The van der Waals surface area contributed by atoms with E-state index in [1.54, 1.807) is 7.05 Å². The molecule has 0 atom stereocenters. The third-order valence-electron chi connectivity index (χ3n) is 2.55. The standard InChI is InChI=1S/C15H32N4O2/c1-6-7-10-21-11-8-9-17-14(16-5)18-12-13(20)19-15(2,3)4/h6-12H2,1-5H3,(H,19,20)(H2,16,17,18). The van der Waals surface area contributed by atoms with Crippen LogP contribution < -0.4 is 16.0 Å². The van der Waals surface area contributed by atoms with Gasteiger partial charge in [-0.05, 0) is 33.6 Å². The van der Waals surface area contributed by atoms with Crippen molar-refractivity contribution in [2.24, 2.45) is 4.99 Å². The van der Waals surface area contributed by atoms with E-state index in [1.165, 1.54) is 0 Å². The van der Waals surface area contributed by atoms with Crippen LogP contribution in [0.3, 0.4) is 0 Å². The lowest BCUT2D eigenvalue weighted by atomic mass is 10.1. The maximum Gasteiger partial charge on any atom is 0.239 e. The molecule has 3 N–H and O–H groups in total. The number of nitrogens with one attached hydrogen (secondary N) is 3. The van der Waals surface area contributed by atoms with E-state index in [0.717, 1.165) is 39.0 Å². The summed E-state index contributed by atoms with van der Waals surface area (Å²) in [4.78, 5) is 15.8. The number of aliphatic imine (C=N–C) groups is 1. The minimum absolute atomic E-state index is 0.0478. The molecule has 0 aromatic carbocycles. The molecule has 0 aliphatic rings. The average molecular weight is 300 g/mol. The first-order valence-corrected chi connectivity index (χ1v) is 7.72. The molecule has 0 heterocycles. The van der Waals surface area contributed by atoms with E-state index < -0.39 is 0 Å². The van der Waals surface area contributed by atoms with Crippen LogP contribution in [0.15, 0.2) is 4.99 Å². The molecule has 6 heteroatoms. The Kier molecular flexibility index (Phi) is 10.7. The van der Waals surface area contributed by atoms with Gasteiger partial charge >= 0.3 is 0 Å². The summed E-state index contributed by atoms with van der Waals surface area (Å²) < 4.78 is 5.48. The van der Waals surface area contributed by atoms with Gasteiger partial charge in [0.1, 0.15) is 0 Å². The lowest BCUT2D eigenvalue weighted by Gasteiger charge is -2.21. The smallest absolute Gasteiger partial charge is 0.239 e. The number of guanidine groups is 1. The van der Waals surface area contributed by atoms with Gasteiger partial charge in [-0.15, -0.1) is 0 Å². The highest BCUT2D eigenvalue weighted by Gasteiger charge is 2.13. The fourth-order valence-electron chi connectivity index (χ4n) is 1.58. The molecule has 0 rings (SSSR count). The zero-order valence-corrected chi connectivity index (χ0v) is 14.2. The molecule has 0 aromatic rings. The van der Waals surface area contributed by atoms with E-state index in [9.17, 15) is 4.79 Å². The first-order valence-electron chi connectivity index (χ1n) is 7.72. The van der Waals surface area contributed by atoms with Crippen LogP contribution in [0.1, 0.15) is 47.0 Å². The van der Waals surface area contributed by atoms with Crippen molar-refractivity contribution in [3.8, 4) is 0 Å². The van der Waals surface area contributed by atoms with Crippen molar-refractivity contribution in [1.29, 1.82) is 0 Å². The lowest BCUT2D eigenvalue weighted by molar-refractivity contribution is -0.121. The van der Waals surface area contributed by atoms with E-state index in [1.807, 2.05) is 20.8 Å². The number of amides is 1. The third kappa shape index (κ3) is 13.4. The van der Waals surface area contributed by atoms with E-state index in [-0.39, 0.29) is 18.0 Å². The summed E-state index contributed by atoms with van der Waals surface area (Å²) in [6, 6.07) is 0. The van der Waals surface area contributed by atoms with Crippen molar-refractivity contribution < 1.29 is 9.53 Å². The number of nitrogens with zero attached hydrogens (tertiary/aromatic N) is 1. The van der Waals surface area contributed by atoms with Crippen molar-refractivity contribution >= 4 is 11.9 Å². The monoisotopic (exact) mass is 300 g/mol. The van der Waals surface area contributed by atoms with Crippen molar-refractivity contribution in [3.63, 3.8) is 0 Å². The predicted molar refractivity (Wildman–Crippen MR) is 87.6 cm³/mol. The third-order valence-corrected chi connectivity index (χ3v) is 2.55. The largest absolute Gasteiger partial charge is 0.381 e. The van der Waals surface area contributed by atoms with Gasteiger partial charge < -0.3 is 20.7 Å². The molecular weight excluding hydrogens is 268 g/mol. The van der Waals surface area contributed by atoms with E-state index in [0.29, 0.717) is 5.96 Å². The Morgan fingerprint density at radius 3 is 2.38 bits per heavy atom. The number of unbranched alkanes of at least 4 members (excludes halogenated alkanes) is 1. The summed E-state index contributed by atoms with van der Waals surface area (Å²) in [7, 11) is 1.69. The molecule has 0 fully saturated rings. The maximum absolute atomic E-state index is 11.7. The molecule has 0 spiro atoms. The normalized spacial score (nSPS) is 12.1. The van der Waals surface area contributed by atoms with Gasteiger partial charge in [0.2, 0.25) is 5.91 Å². The Hall–Kier alpha value is -1.30. The molecule has 0 saturated heterocycles. The van der Waals surface area contributed by atoms with E-state index in [4.69, 9.17) is 4.74 Å². The Morgan fingerprint density at radius 1 is 1.14 bits per heavy atom. The second kappa shape index (κ2) is 11.4. The van der Waals surface area contributed by atoms with Crippen LogP contribution in [-0.4, -0.2) is 50.8 Å². The summed E-state index contributed by atoms with van der Waals surface area (Å²) in [6.07, 6.45) is 3.18. The zero-order chi connectivity index (χ0) is 16.1. The zero-order valence-electron chi connectivity index (χ0n) is 14.2. The minimum atomic E-state index is -0.217. The SMILES string of the molecule is CCCCOCCCNC(=NC)NCC(=O)NC(C)(C)C. The molecule has 0 bridgehead atoms. The van der Waals surface area contributed by atoms with Gasteiger partial charge in [0, 0.05) is 32.3 Å². The molecule has 6 nitrogen and oxygen atoms in total. The van der Waals surface area contributed by atoms with Crippen molar-refractivity contribution in [3.05, 3.63) is 0 Å². The number of ether oxygens (including phenoxy) is 1. The number of carbonyl (C=O) groups is 1. The fraction of sp³-hybridized carbons (Fsp3) is 0.867. The van der Waals surface area contributed by atoms with Gasteiger partial charge in [-0.2, -0.15) is 0 Å². The van der Waals surface area contributed by atoms with Crippen LogP contribution in [0.4, 0.5) is 0 Å². The highest BCUT2D eigenvalue weighted by atomic mass is 16.5. The number of hydrogen-bond donors (Lipinski definition) is 3. The summed E-state index contributed by atoms with van der Waals surface area (Å²) in [6.45, 7) is 10.6. The molecule has 0 unspecified atom stereocenters. The van der Waals surface area contributed by atoms with Gasteiger partial charge in [0.25, 0.3) is 0 Å². The molecule has 1 amide bonds. The van der Waals surface area contributed by atoms with Gasteiger partial charge in [0.05, 0.1) is 6.54 Å². The Labute approximate surface area is 129 Å². The van der Waals surface area contributed by atoms with Crippen molar-refractivity contribution in [2.45, 2.75) is 52.5 Å². The molecule has 0 aromatic heterocycles. The van der Waals surface area contributed by atoms with Crippen LogP contribution in [0.25, 0.3) is 0 Å². The number of hydrogen-bond acceptors (Lipinski definition) is 3. The van der Waals surface area contributed by atoms with Crippen LogP contribution in [-0.2, 0) is 9.53 Å². The highest BCUT2D eigenvalue weighted by Crippen LogP contribution is 1.97. The summed E-state index contributed by atoms with van der Waals surface area (Å²) in [5.41, 5.74) is -0.217. The Morgan fingerprint density at radius 2 is 1.81 bits per heavy atom. The Balaban J connectivity index is 3.70. The maximum atomic E-state index is 11.7. The first-order chi connectivity index (χ1) is 9.89. The second-order valence-electron chi connectivity index (χ2n) is 5.97. The molecule has 21 heavy (non-hydrogen) atoms. The first kappa shape index (κ1) is 19.7. The molecule has 0 aliphatic carbocycles. The van der Waals surface area contributed by atoms with Gasteiger partial charge in [-0.25, -0.2) is 0 Å². The van der Waals surface area contributed by atoms with Crippen molar-refractivity contribution in [2.75, 3.05) is 33.4 Å². The fourth-order valence-corrected chi connectivity index (χ4v) is 1.58. The lowest BCUT2D eigenvalue weighted by Crippen LogP contribution is -2.48. The molecule has 0 saturated carbocycles. The predicted octanol–water partition coefficient (Wildman–Crippen LogP) is 1.27. The second-order valence-corrected chi connectivity index (χ2v) is 5.97.